The van der Waals surface area contributed by atoms with E-state index < -0.39 is 0 Å². The third kappa shape index (κ3) is 2.95. The van der Waals surface area contributed by atoms with Crippen molar-refractivity contribution in [3.63, 3.8) is 0 Å². The molecule has 20 heavy (non-hydrogen) atoms. The Bertz CT molecular complexity index is 614. The van der Waals surface area contributed by atoms with Gasteiger partial charge in [0.2, 0.25) is 5.16 Å². The molecule has 0 bridgehead atoms. The average Bonchev–Trinajstić information content (AvgIpc) is 3.13. The largest absolute Gasteiger partial charge is 0.376 e. The summed E-state index contributed by atoms with van der Waals surface area (Å²) >= 11 is 1.37. The average molecular weight is 288 g/mol. The van der Waals surface area contributed by atoms with E-state index in [0.29, 0.717) is 17.3 Å². The lowest BCUT2D eigenvalue weighted by atomic mass is 10.2. The molecule has 1 fully saturated rings. The Morgan fingerprint density at radius 1 is 1.50 bits per heavy atom. The first-order valence-electron chi connectivity index (χ1n) is 6.27. The van der Waals surface area contributed by atoms with Gasteiger partial charge in [-0.2, -0.15) is 5.26 Å². The first kappa shape index (κ1) is 13.0. The van der Waals surface area contributed by atoms with E-state index in [4.69, 9.17) is 10.00 Å². The van der Waals surface area contributed by atoms with E-state index in [1.54, 1.807) is 16.8 Å². The molecule has 1 atom stereocenters. The smallest absolute Gasteiger partial charge is 0.215 e. The van der Waals surface area contributed by atoms with Crippen LogP contribution in [0.4, 0.5) is 0 Å². The first-order chi connectivity index (χ1) is 9.85. The maximum Gasteiger partial charge on any atom is 0.215 e. The van der Waals surface area contributed by atoms with Crippen LogP contribution in [0.1, 0.15) is 18.4 Å². The second-order valence-electron chi connectivity index (χ2n) is 4.38. The van der Waals surface area contributed by atoms with Crippen molar-refractivity contribution in [1.82, 2.24) is 25.2 Å². The van der Waals surface area contributed by atoms with Crippen molar-refractivity contribution in [3.8, 4) is 6.07 Å². The second-order valence-corrected chi connectivity index (χ2v) is 5.37. The van der Waals surface area contributed by atoms with Gasteiger partial charge in [-0.3, -0.25) is 0 Å². The Morgan fingerprint density at radius 3 is 3.15 bits per heavy atom. The SMILES string of the molecule is N#Cc1ccc(Sc2nnnn2CC2CCCO2)nc1. The highest BCUT2D eigenvalue weighted by Gasteiger charge is 2.19. The number of nitrogens with zero attached hydrogens (tertiary/aromatic N) is 6. The molecule has 3 rings (SSSR count). The minimum atomic E-state index is 0.187. The lowest BCUT2D eigenvalue weighted by Gasteiger charge is -2.09. The number of rotatable bonds is 4. The highest BCUT2D eigenvalue weighted by atomic mass is 32.2. The van der Waals surface area contributed by atoms with Crippen LogP contribution in [0.5, 0.6) is 0 Å². The molecule has 0 N–H and O–H groups in total. The fraction of sp³-hybridized carbons (Fsp3) is 0.417. The zero-order valence-electron chi connectivity index (χ0n) is 10.6. The molecule has 1 saturated heterocycles. The molecule has 0 aromatic carbocycles. The highest BCUT2D eigenvalue weighted by molar-refractivity contribution is 7.99. The van der Waals surface area contributed by atoms with Crippen molar-refractivity contribution in [2.75, 3.05) is 6.61 Å². The van der Waals surface area contributed by atoms with E-state index in [-0.39, 0.29) is 6.10 Å². The molecule has 0 aliphatic carbocycles. The third-order valence-electron chi connectivity index (χ3n) is 2.96. The number of hydrogen-bond donors (Lipinski definition) is 0. The van der Waals surface area contributed by atoms with Crippen molar-refractivity contribution in [3.05, 3.63) is 23.9 Å². The molecular weight excluding hydrogens is 276 g/mol. The lowest BCUT2D eigenvalue weighted by Crippen LogP contribution is -2.16. The summed E-state index contributed by atoms with van der Waals surface area (Å²) in [7, 11) is 0. The van der Waals surface area contributed by atoms with Gasteiger partial charge in [-0.25, -0.2) is 9.67 Å². The minimum Gasteiger partial charge on any atom is -0.376 e. The first-order valence-corrected chi connectivity index (χ1v) is 7.08. The quantitative estimate of drug-likeness (QED) is 0.836. The maximum atomic E-state index is 8.74. The number of aromatic nitrogens is 5. The normalized spacial score (nSPS) is 18.1. The van der Waals surface area contributed by atoms with Gasteiger partial charge in [-0.05, 0) is 47.2 Å². The number of nitriles is 1. The maximum absolute atomic E-state index is 8.74. The Kier molecular flexibility index (Phi) is 3.90. The molecule has 0 amide bonds. The summed E-state index contributed by atoms with van der Waals surface area (Å²) in [6.45, 7) is 1.47. The fourth-order valence-electron chi connectivity index (χ4n) is 1.97. The van der Waals surface area contributed by atoms with Crippen LogP contribution >= 0.6 is 11.8 Å². The van der Waals surface area contributed by atoms with Gasteiger partial charge >= 0.3 is 0 Å². The predicted octanol–water partition coefficient (Wildman–Crippen LogP) is 1.27. The summed E-state index contributed by atoms with van der Waals surface area (Å²) < 4.78 is 7.32. The zero-order valence-corrected chi connectivity index (χ0v) is 11.5. The van der Waals surface area contributed by atoms with Crippen molar-refractivity contribution in [1.29, 1.82) is 5.26 Å². The van der Waals surface area contributed by atoms with Crippen LogP contribution in [-0.4, -0.2) is 37.9 Å². The summed E-state index contributed by atoms with van der Waals surface area (Å²) in [5.41, 5.74) is 0.535. The summed E-state index contributed by atoms with van der Waals surface area (Å²) in [6, 6.07) is 5.55. The number of ether oxygens (including phenoxy) is 1. The molecule has 1 aliphatic rings. The summed E-state index contributed by atoms with van der Waals surface area (Å²) in [5, 5.41) is 21.9. The summed E-state index contributed by atoms with van der Waals surface area (Å²) in [5.74, 6) is 0. The van der Waals surface area contributed by atoms with Crippen LogP contribution in [0, 0.1) is 11.3 Å². The fourth-order valence-corrected chi connectivity index (χ4v) is 2.69. The number of tetrazole rings is 1. The highest BCUT2D eigenvalue weighted by Crippen LogP contribution is 2.24. The molecule has 1 aliphatic heterocycles. The van der Waals surface area contributed by atoms with Gasteiger partial charge < -0.3 is 4.74 Å². The van der Waals surface area contributed by atoms with Gasteiger partial charge in [0, 0.05) is 12.8 Å². The molecule has 2 aromatic rings. The lowest BCUT2D eigenvalue weighted by molar-refractivity contribution is 0.0912. The Hall–Kier alpha value is -1.98. The topological polar surface area (TPSA) is 89.5 Å². The molecule has 0 radical (unpaired) electrons. The van der Waals surface area contributed by atoms with Gasteiger partial charge in [-0.1, -0.05) is 0 Å². The molecule has 8 heteroatoms. The van der Waals surface area contributed by atoms with Crippen molar-refractivity contribution >= 4 is 11.8 Å². The summed E-state index contributed by atoms with van der Waals surface area (Å²) in [6.07, 6.45) is 3.86. The standard InChI is InChI=1S/C12H12N6OS/c13-6-9-3-4-11(14-7-9)20-12-15-16-17-18(12)8-10-2-1-5-19-10/h3-4,7,10H,1-2,5,8H2. The second kappa shape index (κ2) is 5.98. The van der Waals surface area contributed by atoms with Crippen molar-refractivity contribution < 1.29 is 4.74 Å². The van der Waals surface area contributed by atoms with Gasteiger partial charge in [0.15, 0.2) is 0 Å². The Balaban J connectivity index is 1.70. The number of pyridine rings is 1. The van der Waals surface area contributed by atoms with Gasteiger partial charge in [0.25, 0.3) is 0 Å². The van der Waals surface area contributed by atoms with Gasteiger partial charge in [0.1, 0.15) is 11.1 Å². The van der Waals surface area contributed by atoms with E-state index >= 15 is 0 Å². The molecule has 2 aromatic heterocycles. The van der Waals surface area contributed by atoms with Crippen molar-refractivity contribution in [2.45, 2.75) is 35.7 Å². The van der Waals surface area contributed by atoms with Crippen LogP contribution in [0.25, 0.3) is 0 Å². The van der Waals surface area contributed by atoms with E-state index in [9.17, 15) is 0 Å². The number of hydrogen-bond acceptors (Lipinski definition) is 7. The monoisotopic (exact) mass is 288 g/mol. The van der Waals surface area contributed by atoms with Gasteiger partial charge in [-0.15, -0.1) is 5.10 Å². The summed E-state index contributed by atoms with van der Waals surface area (Å²) in [4.78, 5) is 4.20. The van der Waals surface area contributed by atoms with Gasteiger partial charge in [0.05, 0.1) is 18.2 Å². The molecule has 0 spiro atoms. The van der Waals surface area contributed by atoms with Crippen molar-refractivity contribution in [2.24, 2.45) is 0 Å². The molecule has 0 saturated carbocycles. The van der Waals surface area contributed by atoms with E-state index in [2.05, 4.69) is 20.5 Å². The van der Waals surface area contributed by atoms with E-state index in [1.807, 2.05) is 6.07 Å². The third-order valence-corrected chi connectivity index (χ3v) is 3.89. The van der Waals surface area contributed by atoms with Crippen LogP contribution < -0.4 is 0 Å². The molecule has 102 valence electrons. The van der Waals surface area contributed by atoms with Crippen LogP contribution in [0.3, 0.4) is 0 Å². The molecule has 1 unspecified atom stereocenters. The molecular formula is C12H12N6OS. The van der Waals surface area contributed by atoms with Crippen LogP contribution in [0.15, 0.2) is 28.5 Å². The Labute approximate surface area is 120 Å². The molecule has 3 heterocycles. The zero-order chi connectivity index (χ0) is 13.8. The van der Waals surface area contributed by atoms with E-state index in [1.165, 1.54) is 18.0 Å². The van der Waals surface area contributed by atoms with Crippen LogP contribution in [0.2, 0.25) is 0 Å². The Morgan fingerprint density at radius 2 is 2.45 bits per heavy atom. The minimum absolute atomic E-state index is 0.187. The van der Waals surface area contributed by atoms with E-state index in [0.717, 1.165) is 24.5 Å². The predicted molar refractivity (Wildman–Crippen MR) is 69.9 cm³/mol. The molecule has 7 nitrogen and oxygen atoms in total. The van der Waals surface area contributed by atoms with Crippen LogP contribution in [-0.2, 0) is 11.3 Å².